The van der Waals surface area contributed by atoms with E-state index in [0.717, 1.165) is 44.2 Å². The first-order valence-corrected chi connectivity index (χ1v) is 7.73. The minimum absolute atomic E-state index is 0. The Labute approximate surface area is 154 Å². The van der Waals surface area contributed by atoms with Gasteiger partial charge in [-0.2, -0.15) is 5.10 Å². The van der Waals surface area contributed by atoms with E-state index >= 15 is 0 Å². The Hall–Kier alpha value is -1.51. The summed E-state index contributed by atoms with van der Waals surface area (Å²) in [6, 6.07) is 3.92. The first-order chi connectivity index (χ1) is 10.8. The fourth-order valence-electron chi connectivity index (χ4n) is 2.96. The normalized spacial score (nSPS) is 18.1. The minimum Gasteiger partial charge on any atom is -0.469 e. The van der Waals surface area contributed by atoms with Gasteiger partial charge in [-0.3, -0.25) is 9.67 Å². The van der Waals surface area contributed by atoms with Gasteiger partial charge in [-0.05, 0) is 24.1 Å². The van der Waals surface area contributed by atoms with E-state index in [-0.39, 0.29) is 24.0 Å². The molecule has 0 bridgehead atoms. The second-order valence-corrected chi connectivity index (χ2v) is 5.68. The predicted molar refractivity (Wildman–Crippen MR) is 101 cm³/mol. The Balaban J connectivity index is 0.00000192. The van der Waals surface area contributed by atoms with E-state index in [1.165, 1.54) is 5.56 Å². The SMILES string of the molecule is CN=C(NCCc1ccco1)N1CCC(c2cnn(C)c2)C1.I. The highest BCUT2D eigenvalue weighted by atomic mass is 127. The van der Waals surface area contributed by atoms with Crippen molar-refractivity contribution in [1.82, 2.24) is 20.0 Å². The summed E-state index contributed by atoms with van der Waals surface area (Å²) in [7, 11) is 3.80. The number of hydrogen-bond donors (Lipinski definition) is 1. The Morgan fingerprint density at radius 1 is 1.52 bits per heavy atom. The molecule has 3 heterocycles. The molecule has 126 valence electrons. The van der Waals surface area contributed by atoms with Crippen LogP contribution in [-0.2, 0) is 13.5 Å². The van der Waals surface area contributed by atoms with Crippen molar-refractivity contribution in [1.29, 1.82) is 0 Å². The fraction of sp³-hybridized carbons (Fsp3) is 0.500. The number of guanidine groups is 1. The van der Waals surface area contributed by atoms with Crippen LogP contribution in [0.3, 0.4) is 0 Å². The quantitative estimate of drug-likeness (QED) is 0.460. The Bertz CT molecular complexity index is 622. The van der Waals surface area contributed by atoms with Crippen LogP contribution in [0.2, 0.25) is 0 Å². The molecule has 1 N–H and O–H groups in total. The molecule has 1 fully saturated rings. The number of aliphatic imine (C=N–C) groups is 1. The van der Waals surface area contributed by atoms with Crippen LogP contribution in [-0.4, -0.2) is 47.3 Å². The van der Waals surface area contributed by atoms with Gasteiger partial charge in [-0.15, -0.1) is 24.0 Å². The number of halogens is 1. The summed E-state index contributed by atoms with van der Waals surface area (Å²) < 4.78 is 7.22. The molecule has 1 unspecified atom stereocenters. The van der Waals surface area contributed by atoms with E-state index in [1.807, 2.05) is 37.1 Å². The van der Waals surface area contributed by atoms with Gasteiger partial charge in [0.1, 0.15) is 5.76 Å². The van der Waals surface area contributed by atoms with Crippen LogP contribution in [0.4, 0.5) is 0 Å². The van der Waals surface area contributed by atoms with Crippen molar-refractivity contribution in [3.05, 3.63) is 42.1 Å². The first-order valence-electron chi connectivity index (χ1n) is 7.73. The van der Waals surface area contributed by atoms with Crippen LogP contribution in [0, 0.1) is 0 Å². The minimum atomic E-state index is 0. The van der Waals surface area contributed by atoms with Crippen molar-refractivity contribution >= 4 is 29.9 Å². The smallest absolute Gasteiger partial charge is 0.193 e. The van der Waals surface area contributed by atoms with E-state index in [1.54, 1.807) is 6.26 Å². The molecular weight excluding hydrogens is 405 g/mol. The van der Waals surface area contributed by atoms with Crippen molar-refractivity contribution in [3.8, 4) is 0 Å². The van der Waals surface area contributed by atoms with Crippen LogP contribution in [0.15, 0.2) is 40.2 Å². The van der Waals surface area contributed by atoms with Gasteiger partial charge < -0.3 is 14.6 Å². The molecule has 1 aliphatic rings. The molecule has 2 aromatic heterocycles. The lowest BCUT2D eigenvalue weighted by molar-refractivity contribution is 0.477. The third-order valence-electron chi connectivity index (χ3n) is 4.13. The van der Waals surface area contributed by atoms with Crippen LogP contribution < -0.4 is 5.32 Å². The van der Waals surface area contributed by atoms with Gasteiger partial charge in [-0.1, -0.05) is 0 Å². The average molecular weight is 429 g/mol. The first kappa shape index (κ1) is 17.8. The van der Waals surface area contributed by atoms with Crippen LogP contribution >= 0.6 is 24.0 Å². The number of aryl methyl sites for hydroxylation is 1. The third-order valence-corrected chi connectivity index (χ3v) is 4.13. The molecular formula is C16H24IN5O. The number of hydrogen-bond acceptors (Lipinski definition) is 3. The number of rotatable bonds is 4. The zero-order valence-electron chi connectivity index (χ0n) is 13.6. The highest BCUT2D eigenvalue weighted by Crippen LogP contribution is 2.26. The highest BCUT2D eigenvalue weighted by molar-refractivity contribution is 14.0. The zero-order chi connectivity index (χ0) is 15.4. The molecule has 1 aliphatic heterocycles. The van der Waals surface area contributed by atoms with E-state index in [0.29, 0.717) is 5.92 Å². The topological polar surface area (TPSA) is 58.6 Å². The predicted octanol–water partition coefficient (Wildman–Crippen LogP) is 2.24. The molecule has 0 radical (unpaired) electrons. The number of furan rings is 1. The van der Waals surface area contributed by atoms with Gasteiger partial charge in [0, 0.05) is 52.3 Å². The maximum atomic E-state index is 5.35. The van der Waals surface area contributed by atoms with E-state index in [4.69, 9.17) is 4.42 Å². The third kappa shape index (κ3) is 4.49. The molecule has 1 atom stereocenters. The Kier molecular flexibility index (Phi) is 6.49. The van der Waals surface area contributed by atoms with Crippen LogP contribution in [0.5, 0.6) is 0 Å². The van der Waals surface area contributed by atoms with Crippen molar-refractivity contribution in [3.63, 3.8) is 0 Å². The van der Waals surface area contributed by atoms with E-state index in [2.05, 4.69) is 26.5 Å². The summed E-state index contributed by atoms with van der Waals surface area (Å²) in [5.74, 6) is 2.51. The fourth-order valence-corrected chi connectivity index (χ4v) is 2.96. The molecule has 6 nitrogen and oxygen atoms in total. The number of likely N-dealkylation sites (tertiary alicyclic amines) is 1. The molecule has 3 rings (SSSR count). The lowest BCUT2D eigenvalue weighted by Crippen LogP contribution is -2.40. The Morgan fingerprint density at radius 3 is 3.04 bits per heavy atom. The van der Waals surface area contributed by atoms with Gasteiger partial charge in [-0.25, -0.2) is 0 Å². The van der Waals surface area contributed by atoms with Gasteiger partial charge in [0.15, 0.2) is 5.96 Å². The van der Waals surface area contributed by atoms with Crippen LogP contribution in [0.1, 0.15) is 23.7 Å². The maximum absolute atomic E-state index is 5.35. The molecule has 0 amide bonds. The summed E-state index contributed by atoms with van der Waals surface area (Å²) >= 11 is 0. The lowest BCUT2D eigenvalue weighted by Gasteiger charge is -2.21. The summed E-state index contributed by atoms with van der Waals surface area (Å²) in [6.45, 7) is 2.85. The van der Waals surface area contributed by atoms with E-state index in [9.17, 15) is 0 Å². The molecule has 23 heavy (non-hydrogen) atoms. The number of nitrogens with one attached hydrogen (secondary N) is 1. The van der Waals surface area contributed by atoms with Crippen LogP contribution in [0.25, 0.3) is 0 Å². The van der Waals surface area contributed by atoms with Crippen molar-refractivity contribution < 1.29 is 4.42 Å². The Morgan fingerprint density at radius 2 is 2.39 bits per heavy atom. The molecule has 0 aliphatic carbocycles. The van der Waals surface area contributed by atoms with Gasteiger partial charge in [0.25, 0.3) is 0 Å². The zero-order valence-corrected chi connectivity index (χ0v) is 15.9. The van der Waals surface area contributed by atoms with Crippen molar-refractivity contribution in [2.45, 2.75) is 18.8 Å². The summed E-state index contributed by atoms with van der Waals surface area (Å²) in [6.07, 6.45) is 7.81. The second-order valence-electron chi connectivity index (χ2n) is 5.68. The average Bonchev–Trinajstić information content (AvgIpc) is 3.24. The maximum Gasteiger partial charge on any atom is 0.193 e. The largest absolute Gasteiger partial charge is 0.469 e. The number of aromatic nitrogens is 2. The van der Waals surface area contributed by atoms with E-state index < -0.39 is 0 Å². The summed E-state index contributed by atoms with van der Waals surface area (Å²) in [5.41, 5.74) is 1.32. The van der Waals surface area contributed by atoms with Crippen molar-refractivity contribution in [2.24, 2.45) is 12.0 Å². The van der Waals surface area contributed by atoms with Gasteiger partial charge in [0.2, 0.25) is 0 Å². The molecule has 0 spiro atoms. The molecule has 0 saturated carbocycles. The van der Waals surface area contributed by atoms with Gasteiger partial charge >= 0.3 is 0 Å². The summed E-state index contributed by atoms with van der Waals surface area (Å²) in [4.78, 5) is 6.72. The monoisotopic (exact) mass is 429 g/mol. The molecule has 0 aromatic carbocycles. The standard InChI is InChI=1S/C16H23N5O.HI/c1-17-16(18-7-5-15-4-3-9-22-15)21-8-6-13(12-21)14-10-19-20(2)11-14;/h3-4,9-11,13H,5-8,12H2,1-2H3,(H,17,18);1H. The number of nitrogens with zero attached hydrogens (tertiary/aromatic N) is 4. The van der Waals surface area contributed by atoms with Crippen molar-refractivity contribution in [2.75, 3.05) is 26.7 Å². The molecule has 2 aromatic rings. The molecule has 1 saturated heterocycles. The second kappa shape index (κ2) is 8.37. The summed E-state index contributed by atoms with van der Waals surface area (Å²) in [5, 5.41) is 7.69. The molecule has 7 heteroatoms. The lowest BCUT2D eigenvalue weighted by atomic mass is 10.0. The van der Waals surface area contributed by atoms with Gasteiger partial charge in [0.05, 0.1) is 12.5 Å². The highest BCUT2D eigenvalue weighted by Gasteiger charge is 2.26.